The van der Waals surface area contributed by atoms with E-state index in [9.17, 15) is 14.9 Å². The maximum atomic E-state index is 11.9. The van der Waals surface area contributed by atoms with Crippen LogP contribution in [0.5, 0.6) is 0 Å². The van der Waals surface area contributed by atoms with Gasteiger partial charge in [0.05, 0.1) is 16.1 Å². The maximum Gasteiger partial charge on any atom is 0.407 e. The van der Waals surface area contributed by atoms with Gasteiger partial charge in [-0.1, -0.05) is 12.1 Å². The standard InChI is InChI=1S/C16H19N3O4S/c1-16(2,3)23-15(20)17-8-13(14-9-24-10-18-14)11-4-6-12(7-5-11)19(21)22/h4-7,9-10,13H,8H2,1-3H3,(H,17,20). The van der Waals surface area contributed by atoms with Gasteiger partial charge in [-0.05, 0) is 26.3 Å². The number of aromatic nitrogens is 1. The molecule has 1 amide bonds. The Balaban J connectivity index is 2.14. The van der Waals surface area contributed by atoms with Gasteiger partial charge in [-0.15, -0.1) is 11.3 Å². The molecule has 0 aliphatic heterocycles. The van der Waals surface area contributed by atoms with Crippen molar-refractivity contribution in [1.82, 2.24) is 10.3 Å². The SMILES string of the molecule is CC(C)(C)OC(=O)NCC(c1ccc([N+](=O)[O-])cc1)c1cscn1. The number of nitrogens with one attached hydrogen (secondary N) is 1. The molecule has 0 aliphatic carbocycles. The van der Waals surface area contributed by atoms with Crippen molar-refractivity contribution in [2.75, 3.05) is 6.54 Å². The van der Waals surface area contributed by atoms with Crippen LogP contribution in [-0.2, 0) is 4.74 Å². The molecule has 1 aromatic heterocycles. The molecule has 7 nitrogen and oxygen atoms in total. The summed E-state index contributed by atoms with van der Waals surface area (Å²) >= 11 is 1.45. The number of nitrogens with zero attached hydrogens (tertiary/aromatic N) is 2. The highest BCUT2D eigenvalue weighted by molar-refractivity contribution is 7.07. The average molecular weight is 349 g/mol. The van der Waals surface area contributed by atoms with E-state index in [1.165, 1.54) is 23.5 Å². The van der Waals surface area contributed by atoms with Crippen LogP contribution < -0.4 is 5.32 Å². The van der Waals surface area contributed by atoms with Gasteiger partial charge in [0.2, 0.25) is 0 Å². The Morgan fingerprint density at radius 3 is 2.54 bits per heavy atom. The first kappa shape index (κ1) is 17.9. The van der Waals surface area contributed by atoms with Crippen molar-refractivity contribution in [3.8, 4) is 0 Å². The molecule has 1 unspecified atom stereocenters. The number of rotatable bonds is 5. The summed E-state index contributed by atoms with van der Waals surface area (Å²) in [5, 5.41) is 15.4. The number of nitro groups is 1. The van der Waals surface area contributed by atoms with E-state index < -0.39 is 16.6 Å². The Hall–Kier alpha value is -2.48. The zero-order valence-electron chi connectivity index (χ0n) is 13.7. The first-order valence-corrected chi connectivity index (χ1v) is 8.30. The highest BCUT2D eigenvalue weighted by atomic mass is 32.1. The van der Waals surface area contributed by atoms with Crippen molar-refractivity contribution in [2.24, 2.45) is 0 Å². The van der Waals surface area contributed by atoms with Crippen molar-refractivity contribution >= 4 is 23.1 Å². The fourth-order valence-corrected chi connectivity index (χ4v) is 2.72. The van der Waals surface area contributed by atoms with E-state index in [0.717, 1.165) is 11.3 Å². The van der Waals surface area contributed by atoms with Crippen LogP contribution in [0.2, 0.25) is 0 Å². The van der Waals surface area contributed by atoms with Crippen molar-refractivity contribution in [2.45, 2.75) is 32.3 Å². The van der Waals surface area contributed by atoms with Crippen LogP contribution >= 0.6 is 11.3 Å². The van der Waals surface area contributed by atoms with E-state index in [-0.39, 0.29) is 18.2 Å². The quantitative estimate of drug-likeness (QED) is 0.656. The van der Waals surface area contributed by atoms with E-state index in [1.54, 1.807) is 38.4 Å². The second-order valence-corrected chi connectivity index (χ2v) is 6.92. The maximum absolute atomic E-state index is 11.9. The lowest BCUT2D eigenvalue weighted by molar-refractivity contribution is -0.384. The van der Waals surface area contributed by atoms with Gasteiger partial charge < -0.3 is 10.1 Å². The molecule has 0 spiro atoms. The number of thiazole rings is 1. The van der Waals surface area contributed by atoms with E-state index in [2.05, 4.69) is 10.3 Å². The molecule has 0 saturated heterocycles. The molecule has 24 heavy (non-hydrogen) atoms. The monoisotopic (exact) mass is 349 g/mol. The third-order valence-electron chi connectivity index (χ3n) is 3.16. The van der Waals surface area contributed by atoms with Crippen LogP contribution in [-0.4, -0.2) is 28.1 Å². The Bertz CT molecular complexity index is 693. The minimum Gasteiger partial charge on any atom is -0.444 e. The summed E-state index contributed by atoms with van der Waals surface area (Å²) in [5.41, 5.74) is 2.79. The number of carbonyl (C=O) groups excluding carboxylic acids is 1. The molecule has 0 saturated carbocycles. The molecule has 0 bridgehead atoms. The second kappa shape index (κ2) is 7.39. The lowest BCUT2D eigenvalue weighted by Gasteiger charge is -2.21. The van der Waals surface area contributed by atoms with Gasteiger partial charge in [0.25, 0.3) is 5.69 Å². The molecule has 8 heteroatoms. The number of ether oxygens (including phenoxy) is 1. The highest BCUT2D eigenvalue weighted by Crippen LogP contribution is 2.26. The van der Waals surface area contributed by atoms with E-state index >= 15 is 0 Å². The zero-order chi connectivity index (χ0) is 17.7. The third-order valence-corrected chi connectivity index (χ3v) is 3.77. The predicted molar refractivity (Wildman–Crippen MR) is 91.3 cm³/mol. The molecule has 1 N–H and O–H groups in total. The molecule has 1 heterocycles. The molecular formula is C16H19N3O4S. The van der Waals surface area contributed by atoms with Gasteiger partial charge in [0, 0.05) is 30.0 Å². The summed E-state index contributed by atoms with van der Waals surface area (Å²) in [4.78, 5) is 26.5. The number of amides is 1. The van der Waals surface area contributed by atoms with Crippen LogP contribution in [0.3, 0.4) is 0 Å². The molecule has 0 radical (unpaired) electrons. The summed E-state index contributed by atoms with van der Waals surface area (Å²) in [6.07, 6.45) is -0.510. The van der Waals surface area contributed by atoms with Gasteiger partial charge in [-0.3, -0.25) is 10.1 Å². The molecular weight excluding hydrogens is 330 g/mol. The van der Waals surface area contributed by atoms with Gasteiger partial charge in [-0.25, -0.2) is 9.78 Å². The van der Waals surface area contributed by atoms with Crippen molar-refractivity contribution < 1.29 is 14.5 Å². The van der Waals surface area contributed by atoms with Crippen LogP contribution in [0.4, 0.5) is 10.5 Å². The molecule has 0 aliphatic rings. The molecule has 0 fully saturated rings. The number of alkyl carbamates (subject to hydrolysis) is 1. The Morgan fingerprint density at radius 1 is 1.38 bits per heavy atom. The number of nitro benzene ring substituents is 1. The largest absolute Gasteiger partial charge is 0.444 e. The fourth-order valence-electron chi connectivity index (χ4n) is 2.12. The lowest BCUT2D eigenvalue weighted by Crippen LogP contribution is -2.35. The predicted octanol–water partition coefficient (Wildman–Crippen LogP) is 3.71. The zero-order valence-corrected chi connectivity index (χ0v) is 14.5. The van der Waals surface area contributed by atoms with Crippen molar-refractivity contribution in [3.05, 3.63) is 56.5 Å². The normalized spacial score (nSPS) is 12.5. The summed E-state index contributed by atoms with van der Waals surface area (Å²) in [5.74, 6) is -0.204. The molecule has 1 atom stereocenters. The first-order chi connectivity index (χ1) is 11.3. The van der Waals surface area contributed by atoms with Gasteiger partial charge in [0.15, 0.2) is 0 Å². The lowest BCUT2D eigenvalue weighted by atomic mass is 9.96. The number of hydrogen-bond donors (Lipinski definition) is 1. The smallest absolute Gasteiger partial charge is 0.407 e. The second-order valence-electron chi connectivity index (χ2n) is 6.20. The van der Waals surface area contributed by atoms with E-state index in [0.29, 0.717) is 0 Å². The van der Waals surface area contributed by atoms with Crippen molar-refractivity contribution in [3.63, 3.8) is 0 Å². The van der Waals surface area contributed by atoms with E-state index in [4.69, 9.17) is 4.74 Å². The van der Waals surface area contributed by atoms with Crippen LogP contribution in [0.1, 0.15) is 37.9 Å². The first-order valence-electron chi connectivity index (χ1n) is 7.35. The minimum atomic E-state index is -0.576. The number of carbonyl (C=O) groups is 1. The third kappa shape index (κ3) is 5.02. The molecule has 2 rings (SSSR count). The topological polar surface area (TPSA) is 94.4 Å². The Kier molecular flexibility index (Phi) is 5.50. The van der Waals surface area contributed by atoms with Crippen LogP contribution in [0, 0.1) is 10.1 Å². The van der Waals surface area contributed by atoms with Gasteiger partial charge in [0.1, 0.15) is 5.60 Å². The number of benzene rings is 1. The van der Waals surface area contributed by atoms with E-state index in [1.807, 2.05) is 5.38 Å². The summed E-state index contributed by atoms with van der Waals surface area (Å²) in [7, 11) is 0. The molecule has 1 aromatic carbocycles. The number of hydrogen-bond acceptors (Lipinski definition) is 6. The fraction of sp³-hybridized carbons (Fsp3) is 0.375. The molecule has 128 valence electrons. The summed E-state index contributed by atoms with van der Waals surface area (Å²) < 4.78 is 5.23. The highest BCUT2D eigenvalue weighted by Gasteiger charge is 2.21. The number of non-ortho nitro benzene ring substituents is 1. The van der Waals surface area contributed by atoms with Crippen LogP contribution in [0.15, 0.2) is 35.2 Å². The molecule has 2 aromatic rings. The minimum absolute atomic E-state index is 0.0240. The Morgan fingerprint density at radius 2 is 2.04 bits per heavy atom. The average Bonchev–Trinajstić information content (AvgIpc) is 3.00. The van der Waals surface area contributed by atoms with Crippen molar-refractivity contribution in [1.29, 1.82) is 0 Å². The van der Waals surface area contributed by atoms with Gasteiger partial charge >= 0.3 is 6.09 Å². The Labute approximate surface area is 143 Å². The summed E-state index contributed by atoms with van der Waals surface area (Å²) in [6, 6.07) is 6.25. The van der Waals surface area contributed by atoms with Gasteiger partial charge in [-0.2, -0.15) is 0 Å². The summed E-state index contributed by atoms with van der Waals surface area (Å²) in [6.45, 7) is 5.67. The van der Waals surface area contributed by atoms with Crippen LogP contribution in [0.25, 0.3) is 0 Å².